The van der Waals surface area contributed by atoms with Crippen LogP contribution in [0.4, 0.5) is 0 Å². The molecule has 0 N–H and O–H groups in total. The van der Waals surface area contributed by atoms with Gasteiger partial charge in [-0.2, -0.15) is 0 Å². The quantitative estimate of drug-likeness (QED) is 0.278. The van der Waals surface area contributed by atoms with Crippen LogP contribution in [0.3, 0.4) is 0 Å². The number of hydrogen-bond acceptors (Lipinski definition) is 6. The summed E-state index contributed by atoms with van der Waals surface area (Å²) in [7, 11) is 3.40. The molecule has 0 amide bonds. The van der Waals surface area contributed by atoms with Crippen molar-refractivity contribution in [2.24, 2.45) is 0 Å². The van der Waals surface area contributed by atoms with Gasteiger partial charge in [0.15, 0.2) is 9.66 Å². The summed E-state index contributed by atoms with van der Waals surface area (Å²) in [6.45, 7) is 0. The Hall–Kier alpha value is -3.48. The van der Waals surface area contributed by atoms with Crippen molar-refractivity contribution in [3.63, 3.8) is 0 Å². The summed E-state index contributed by atoms with van der Waals surface area (Å²) in [6, 6.07) is 24.8. The Balaban J connectivity index is 1.54. The fourth-order valence-electron chi connectivity index (χ4n) is 4.14. The molecule has 4 aromatic carbocycles. The molecule has 6 rings (SSSR count). The van der Waals surface area contributed by atoms with Gasteiger partial charge in [-0.1, -0.05) is 83.3 Å². The average Bonchev–Trinajstić information content (AvgIpc) is 3.41. The number of aromatic nitrogens is 2. The molecule has 0 aliphatic rings. The van der Waals surface area contributed by atoms with Crippen LogP contribution in [0.5, 0.6) is 11.5 Å². The van der Waals surface area contributed by atoms with E-state index in [0.29, 0.717) is 0 Å². The second-order valence-electron chi connectivity index (χ2n) is 7.38. The molecule has 2 heterocycles. The first-order valence-corrected chi connectivity index (χ1v) is 11.8. The third-order valence-electron chi connectivity index (χ3n) is 5.62. The zero-order valence-electron chi connectivity index (χ0n) is 17.5. The molecule has 6 heteroatoms. The molecule has 6 aromatic rings. The van der Waals surface area contributed by atoms with Gasteiger partial charge in [0.1, 0.15) is 21.5 Å². The number of benzene rings is 4. The largest absolute Gasteiger partial charge is 0.496 e. The minimum Gasteiger partial charge on any atom is -0.496 e. The van der Waals surface area contributed by atoms with Crippen molar-refractivity contribution >= 4 is 53.9 Å². The molecule has 0 aliphatic carbocycles. The van der Waals surface area contributed by atoms with Crippen LogP contribution in [-0.4, -0.2) is 24.2 Å². The molecular formula is C26H18N2O2S2. The average molecular weight is 455 g/mol. The standard InChI is InChI=1S/C26H18N2O2S2/c1-29-19-13-11-15-7-3-5-9-17(15)21(19)23-27-25-26(31-23)28-24(32-25)22-18-10-6-4-8-16(18)12-14-20(22)30-2/h3-14H,1-2H3. The monoisotopic (exact) mass is 454 g/mol. The van der Waals surface area contributed by atoms with Crippen molar-refractivity contribution in [2.75, 3.05) is 14.2 Å². The van der Waals surface area contributed by atoms with Gasteiger partial charge in [-0.05, 0) is 33.7 Å². The van der Waals surface area contributed by atoms with Crippen molar-refractivity contribution in [3.05, 3.63) is 72.8 Å². The van der Waals surface area contributed by atoms with Gasteiger partial charge in [0.2, 0.25) is 0 Å². The molecule has 4 nitrogen and oxygen atoms in total. The number of thiazole rings is 2. The summed E-state index contributed by atoms with van der Waals surface area (Å²) in [4.78, 5) is 11.8. The van der Waals surface area contributed by atoms with E-state index in [4.69, 9.17) is 19.4 Å². The second kappa shape index (κ2) is 7.58. The summed E-state index contributed by atoms with van der Waals surface area (Å²) in [5, 5.41) is 6.42. The van der Waals surface area contributed by atoms with E-state index in [9.17, 15) is 0 Å². The maximum absolute atomic E-state index is 5.69. The lowest BCUT2D eigenvalue weighted by Gasteiger charge is -2.10. The van der Waals surface area contributed by atoms with Crippen LogP contribution in [-0.2, 0) is 0 Å². The molecule has 0 spiro atoms. The van der Waals surface area contributed by atoms with Crippen LogP contribution in [0, 0.1) is 0 Å². The summed E-state index contributed by atoms with van der Waals surface area (Å²) in [5.41, 5.74) is 2.04. The van der Waals surface area contributed by atoms with E-state index in [1.807, 2.05) is 36.4 Å². The molecule has 0 unspecified atom stereocenters. The van der Waals surface area contributed by atoms with E-state index in [1.54, 1.807) is 36.9 Å². The van der Waals surface area contributed by atoms with Crippen LogP contribution in [0.2, 0.25) is 0 Å². The van der Waals surface area contributed by atoms with Crippen molar-refractivity contribution in [2.45, 2.75) is 0 Å². The molecule has 0 saturated heterocycles. The zero-order chi connectivity index (χ0) is 21.7. The topological polar surface area (TPSA) is 44.2 Å². The highest BCUT2D eigenvalue weighted by molar-refractivity contribution is 7.29. The van der Waals surface area contributed by atoms with Crippen LogP contribution < -0.4 is 9.47 Å². The second-order valence-corrected chi connectivity index (χ2v) is 9.33. The Morgan fingerprint density at radius 2 is 1.00 bits per heavy atom. The molecule has 0 bridgehead atoms. The van der Waals surface area contributed by atoms with E-state index in [2.05, 4.69) is 36.4 Å². The zero-order valence-corrected chi connectivity index (χ0v) is 19.1. The molecule has 0 fully saturated rings. The summed E-state index contributed by atoms with van der Waals surface area (Å²) in [5.74, 6) is 1.64. The van der Waals surface area contributed by atoms with Gasteiger partial charge in [-0.15, -0.1) is 0 Å². The maximum Gasteiger partial charge on any atom is 0.155 e. The molecule has 0 atom stereocenters. The minimum atomic E-state index is 0.820. The first kappa shape index (κ1) is 19.2. The Bertz CT molecular complexity index is 1470. The Morgan fingerprint density at radius 1 is 0.562 bits per heavy atom. The molecule has 156 valence electrons. The Morgan fingerprint density at radius 3 is 1.44 bits per heavy atom. The van der Waals surface area contributed by atoms with Gasteiger partial charge in [0.25, 0.3) is 0 Å². The molecule has 0 radical (unpaired) electrons. The van der Waals surface area contributed by atoms with Gasteiger partial charge in [-0.3, -0.25) is 0 Å². The van der Waals surface area contributed by atoms with E-state index < -0.39 is 0 Å². The molecule has 0 aliphatic heterocycles. The fraction of sp³-hybridized carbons (Fsp3) is 0.0769. The molecular weight excluding hydrogens is 436 g/mol. The lowest BCUT2D eigenvalue weighted by atomic mass is 10.0. The molecule has 0 saturated carbocycles. The smallest absolute Gasteiger partial charge is 0.155 e. The van der Waals surface area contributed by atoms with Crippen molar-refractivity contribution in [1.82, 2.24) is 9.97 Å². The predicted octanol–water partition coefficient (Wildman–Crippen LogP) is 7.41. The van der Waals surface area contributed by atoms with Gasteiger partial charge < -0.3 is 9.47 Å². The molecule has 2 aromatic heterocycles. The third kappa shape index (κ3) is 2.95. The lowest BCUT2D eigenvalue weighted by molar-refractivity contribution is 0.417. The third-order valence-corrected chi connectivity index (χ3v) is 7.69. The van der Waals surface area contributed by atoms with E-state index in [1.165, 1.54) is 0 Å². The SMILES string of the molecule is COc1ccc2ccccc2c1-c1nc2sc(-c3c(OC)ccc4ccccc34)nc2s1. The van der Waals surface area contributed by atoms with Crippen molar-refractivity contribution in [3.8, 4) is 32.6 Å². The van der Waals surface area contributed by atoms with E-state index >= 15 is 0 Å². The van der Waals surface area contributed by atoms with Gasteiger partial charge in [-0.25, -0.2) is 9.97 Å². The van der Waals surface area contributed by atoms with Gasteiger partial charge in [0, 0.05) is 0 Å². The number of hydrogen-bond donors (Lipinski definition) is 0. The predicted molar refractivity (Wildman–Crippen MR) is 134 cm³/mol. The summed E-state index contributed by atoms with van der Waals surface area (Å²) < 4.78 is 11.4. The number of ether oxygens (including phenoxy) is 2. The van der Waals surface area contributed by atoms with Gasteiger partial charge >= 0.3 is 0 Å². The van der Waals surface area contributed by atoms with Crippen LogP contribution in [0.25, 0.3) is 52.3 Å². The normalized spacial score (nSPS) is 11.4. The van der Waals surface area contributed by atoms with Crippen LogP contribution in [0.15, 0.2) is 72.8 Å². The lowest BCUT2D eigenvalue weighted by Crippen LogP contribution is -1.89. The number of nitrogens with zero attached hydrogens (tertiary/aromatic N) is 2. The first-order valence-electron chi connectivity index (χ1n) is 10.2. The summed E-state index contributed by atoms with van der Waals surface area (Å²) in [6.07, 6.45) is 0. The number of fused-ring (bicyclic) bond motifs is 3. The highest BCUT2D eigenvalue weighted by atomic mass is 32.1. The van der Waals surface area contributed by atoms with Crippen LogP contribution >= 0.6 is 22.7 Å². The van der Waals surface area contributed by atoms with Crippen molar-refractivity contribution in [1.29, 1.82) is 0 Å². The van der Waals surface area contributed by atoms with E-state index in [0.717, 1.165) is 63.8 Å². The highest BCUT2D eigenvalue weighted by Gasteiger charge is 2.20. The highest BCUT2D eigenvalue weighted by Crippen LogP contribution is 2.45. The molecule has 32 heavy (non-hydrogen) atoms. The number of rotatable bonds is 4. The first-order chi connectivity index (χ1) is 15.8. The minimum absolute atomic E-state index is 0.820. The Kier molecular flexibility index (Phi) is 4.56. The van der Waals surface area contributed by atoms with Gasteiger partial charge in [0.05, 0.1) is 25.3 Å². The maximum atomic E-state index is 5.69. The Labute approximate surface area is 192 Å². The summed E-state index contributed by atoms with van der Waals surface area (Å²) >= 11 is 3.19. The fourth-order valence-corrected chi connectivity index (χ4v) is 6.31. The van der Waals surface area contributed by atoms with Crippen LogP contribution in [0.1, 0.15) is 0 Å². The van der Waals surface area contributed by atoms with Crippen molar-refractivity contribution < 1.29 is 9.47 Å². The number of methoxy groups -OCH3 is 2. The van der Waals surface area contributed by atoms with E-state index in [-0.39, 0.29) is 0 Å².